The Balaban J connectivity index is 0.000000921. The average molecular weight is 208 g/mol. The number of hydrogen-bond donors (Lipinski definition) is 1. The quantitative estimate of drug-likeness (QED) is 0.806. The Morgan fingerprint density at radius 3 is 2.07 bits per heavy atom. The number of carbonyl (C=O) groups is 1. The van der Waals surface area contributed by atoms with Gasteiger partial charge in [-0.25, -0.2) is 4.79 Å². The third-order valence-corrected chi connectivity index (χ3v) is 2.33. The van der Waals surface area contributed by atoms with Crippen LogP contribution < -0.4 is 0 Å². The molecule has 0 fully saturated rings. The molecule has 1 aromatic rings. The molecule has 0 spiro atoms. The second-order valence-corrected chi connectivity index (χ2v) is 3.25. The summed E-state index contributed by atoms with van der Waals surface area (Å²) in [4.78, 5) is 10.8. The van der Waals surface area contributed by atoms with Crippen molar-refractivity contribution >= 4 is 5.97 Å². The summed E-state index contributed by atoms with van der Waals surface area (Å²) in [6.07, 6.45) is 0.767. The molecule has 0 aliphatic carbocycles. The highest BCUT2D eigenvalue weighted by molar-refractivity contribution is 5.89. The standard InChI is InChI=1S/C11H14O2.C2H6/c1-4-9-5-7(2)8(3)6-10(9)11(12)13;1-2/h5-6H,4H2,1-3H3,(H,12,13);1-2H3. The molecule has 15 heavy (non-hydrogen) atoms. The first kappa shape index (κ1) is 13.7. The van der Waals surface area contributed by atoms with Crippen molar-refractivity contribution < 1.29 is 9.90 Å². The van der Waals surface area contributed by atoms with Crippen LogP contribution in [0, 0.1) is 13.8 Å². The van der Waals surface area contributed by atoms with Crippen LogP contribution >= 0.6 is 0 Å². The minimum Gasteiger partial charge on any atom is -0.478 e. The van der Waals surface area contributed by atoms with E-state index in [9.17, 15) is 4.79 Å². The van der Waals surface area contributed by atoms with Gasteiger partial charge in [-0.1, -0.05) is 26.8 Å². The van der Waals surface area contributed by atoms with E-state index >= 15 is 0 Å². The van der Waals surface area contributed by atoms with E-state index < -0.39 is 5.97 Å². The first-order valence-corrected chi connectivity index (χ1v) is 5.39. The van der Waals surface area contributed by atoms with E-state index in [-0.39, 0.29) is 0 Å². The van der Waals surface area contributed by atoms with E-state index in [4.69, 9.17) is 5.11 Å². The Labute approximate surface area is 91.9 Å². The summed E-state index contributed by atoms with van der Waals surface area (Å²) in [5.41, 5.74) is 3.54. The van der Waals surface area contributed by atoms with Crippen LogP contribution in [-0.4, -0.2) is 11.1 Å². The second kappa shape index (κ2) is 6.23. The smallest absolute Gasteiger partial charge is 0.335 e. The minimum atomic E-state index is -0.833. The number of rotatable bonds is 2. The van der Waals surface area contributed by atoms with Gasteiger partial charge in [0.15, 0.2) is 0 Å². The molecule has 0 aliphatic heterocycles. The lowest BCUT2D eigenvalue weighted by molar-refractivity contribution is 0.0695. The maximum absolute atomic E-state index is 10.8. The van der Waals surface area contributed by atoms with Gasteiger partial charge in [0.25, 0.3) is 0 Å². The van der Waals surface area contributed by atoms with Crippen molar-refractivity contribution in [2.75, 3.05) is 0 Å². The molecule has 0 saturated carbocycles. The summed E-state index contributed by atoms with van der Waals surface area (Å²) in [6.45, 7) is 9.90. The predicted molar refractivity (Wildman–Crippen MR) is 63.6 cm³/mol. The Hall–Kier alpha value is -1.31. The summed E-state index contributed by atoms with van der Waals surface area (Å²) in [5.74, 6) is -0.833. The molecule has 1 N–H and O–H groups in total. The monoisotopic (exact) mass is 208 g/mol. The van der Waals surface area contributed by atoms with Gasteiger partial charge in [0.2, 0.25) is 0 Å². The van der Waals surface area contributed by atoms with Crippen LogP contribution in [-0.2, 0) is 6.42 Å². The molecule has 0 unspecified atom stereocenters. The molecular weight excluding hydrogens is 188 g/mol. The first-order valence-electron chi connectivity index (χ1n) is 5.39. The molecule has 0 aromatic heterocycles. The Morgan fingerprint density at radius 1 is 1.20 bits per heavy atom. The first-order chi connectivity index (χ1) is 7.06. The zero-order valence-corrected chi connectivity index (χ0v) is 10.2. The molecule has 1 rings (SSSR count). The molecule has 2 nitrogen and oxygen atoms in total. The highest BCUT2D eigenvalue weighted by atomic mass is 16.4. The average Bonchev–Trinajstić information content (AvgIpc) is 2.24. The number of hydrogen-bond acceptors (Lipinski definition) is 1. The zero-order valence-electron chi connectivity index (χ0n) is 10.2. The Kier molecular flexibility index (Phi) is 5.68. The van der Waals surface area contributed by atoms with E-state index in [0.717, 1.165) is 23.1 Å². The predicted octanol–water partition coefficient (Wildman–Crippen LogP) is 3.59. The summed E-state index contributed by atoms with van der Waals surface area (Å²) < 4.78 is 0. The van der Waals surface area contributed by atoms with Crippen LogP contribution in [0.4, 0.5) is 0 Å². The fourth-order valence-electron chi connectivity index (χ4n) is 1.37. The van der Waals surface area contributed by atoms with Crippen LogP contribution in [0.25, 0.3) is 0 Å². The highest BCUT2D eigenvalue weighted by Gasteiger charge is 2.09. The van der Waals surface area contributed by atoms with Crippen molar-refractivity contribution in [2.24, 2.45) is 0 Å². The molecule has 84 valence electrons. The third-order valence-electron chi connectivity index (χ3n) is 2.33. The van der Waals surface area contributed by atoms with Crippen LogP contribution in [0.3, 0.4) is 0 Å². The molecule has 0 aliphatic rings. The molecule has 1 aromatic carbocycles. The minimum absolute atomic E-state index is 0.436. The van der Waals surface area contributed by atoms with E-state index in [0.29, 0.717) is 5.56 Å². The van der Waals surface area contributed by atoms with Gasteiger partial charge in [-0.3, -0.25) is 0 Å². The number of aromatic carboxylic acids is 1. The number of aryl methyl sites for hydroxylation is 3. The number of carboxylic acid groups (broad SMARTS) is 1. The maximum atomic E-state index is 10.8. The van der Waals surface area contributed by atoms with E-state index in [1.54, 1.807) is 6.07 Å². The van der Waals surface area contributed by atoms with Crippen molar-refractivity contribution in [3.05, 3.63) is 34.4 Å². The summed E-state index contributed by atoms with van der Waals surface area (Å²) >= 11 is 0. The molecule has 0 radical (unpaired) electrons. The lowest BCUT2D eigenvalue weighted by atomic mass is 9.98. The van der Waals surface area contributed by atoms with Gasteiger partial charge in [0, 0.05) is 0 Å². The van der Waals surface area contributed by atoms with Gasteiger partial charge in [-0.05, 0) is 43.0 Å². The van der Waals surface area contributed by atoms with Gasteiger partial charge in [0.1, 0.15) is 0 Å². The van der Waals surface area contributed by atoms with E-state index in [1.165, 1.54) is 0 Å². The van der Waals surface area contributed by atoms with Crippen molar-refractivity contribution in [1.29, 1.82) is 0 Å². The molecule has 2 heteroatoms. The Bertz CT molecular complexity index is 341. The molecule has 0 heterocycles. The van der Waals surface area contributed by atoms with Crippen LogP contribution in [0.5, 0.6) is 0 Å². The molecule has 0 atom stereocenters. The maximum Gasteiger partial charge on any atom is 0.335 e. The summed E-state index contributed by atoms with van der Waals surface area (Å²) in [6, 6.07) is 3.70. The van der Waals surface area contributed by atoms with Gasteiger partial charge >= 0.3 is 5.97 Å². The Morgan fingerprint density at radius 2 is 1.67 bits per heavy atom. The SMILES string of the molecule is CC.CCc1cc(C)c(C)cc1C(=O)O. The van der Waals surface area contributed by atoms with E-state index in [2.05, 4.69) is 0 Å². The highest BCUT2D eigenvalue weighted by Crippen LogP contribution is 2.16. The largest absolute Gasteiger partial charge is 0.478 e. The summed E-state index contributed by atoms with van der Waals surface area (Å²) in [5, 5.41) is 8.91. The van der Waals surface area contributed by atoms with Crippen LogP contribution in [0.2, 0.25) is 0 Å². The second-order valence-electron chi connectivity index (χ2n) is 3.25. The number of benzene rings is 1. The summed E-state index contributed by atoms with van der Waals surface area (Å²) in [7, 11) is 0. The molecule has 0 bridgehead atoms. The van der Waals surface area contributed by atoms with Crippen molar-refractivity contribution in [2.45, 2.75) is 41.0 Å². The van der Waals surface area contributed by atoms with Crippen molar-refractivity contribution in [1.82, 2.24) is 0 Å². The lowest BCUT2D eigenvalue weighted by Crippen LogP contribution is -2.03. The van der Waals surface area contributed by atoms with Gasteiger partial charge in [-0.15, -0.1) is 0 Å². The molecule has 0 saturated heterocycles. The van der Waals surface area contributed by atoms with Gasteiger partial charge in [0.05, 0.1) is 5.56 Å². The topological polar surface area (TPSA) is 37.3 Å². The molecule has 0 amide bonds. The normalized spacial score (nSPS) is 9.13. The van der Waals surface area contributed by atoms with Gasteiger partial charge < -0.3 is 5.11 Å². The van der Waals surface area contributed by atoms with Gasteiger partial charge in [-0.2, -0.15) is 0 Å². The van der Waals surface area contributed by atoms with Crippen LogP contribution in [0.1, 0.15) is 47.8 Å². The van der Waals surface area contributed by atoms with Crippen LogP contribution in [0.15, 0.2) is 12.1 Å². The fourth-order valence-corrected chi connectivity index (χ4v) is 1.37. The van der Waals surface area contributed by atoms with E-state index in [1.807, 2.05) is 40.7 Å². The molecular formula is C13H20O2. The number of carboxylic acids is 1. The third kappa shape index (κ3) is 3.39. The fraction of sp³-hybridized carbons (Fsp3) is 0.462. The zero-order chi connectivity index (χ0) is 12.0. The lowest BCUT2D eigenvalue weighted by Gasteiger charge is -2.07. The van der Waals surface area contributed by atoms with Crippen molar-refractivity contribution in [3.63, 3.8) is 0 Å². The van der Waals surface area contributed by atoms with Crippen molar-refractivity contribution in [3.8, 4) is 0 Å².